The quantitative estimate of drug-likeness (QED) is 0.746. The number of H-pyrrole nitrogens is 1. The molecule has 2 heterocycles. The Bertz CT molecular complexity index is 849. The molecule has 21 heavy (non-hydrogen) atoms. The maximum atomic E-state index is 12.1. The molecule has 0 amide bonds. The summed E-state index contributed by atoms with van der Waals surface area (Å²) in [6.45, 7) is 1.96. The lowest BCUT2D eigenvalue weighted by molar-refractivity contribution is 0.918. The van der Waals surface area contributed by atoms with Crippen LogP contribution >= 0.6 is 23.4 Å². The number of pyridine rings is 1. The first-order chi connectivity index (χ1) is 10.1. The molecule has 0 saturated carbocycles. The predicted octanol–water partition coefficient (Wildman–Crippen LogP) is 3.82. The number of hydrogen-bond donors (Lipinski definition) is 1. The zero-order chi connectivity index (χ0) is 14.8. The summed E-state index contributed by atoms with van der Waals surface area (Å²) in [6.07, 6.45) is 1.69. The van der Waals surface area contributed by atoms with E-state index in [4.69, 9.17) is 11.6 Å². The molecule has 1 unspecified atom stereocenters. The molecule has 0 aliphatic carbocycles. The molecule has 3 rings (SSSR count). The van der Waals surface area contributed by atoms with E-state index in [0.717, 1.165) is 5.03 Å². The Labute approximate surface area is 130 Å². The SMILES string of the molecule is CC(Sc1ncccc1Cl)c1nc2ccccc2c(=O)[nH]1. The van der Waals surface area contributed by atoms with Gasteiger partial charge in [0.05, 0.1) is 21.2 Å². The summed E-state index contributed by atoms with van der Waals surface area (Å²) in [5.41, 5.74) is 0.561. The predicted molar refractivity (Wildman–Crippen MR) is 85.9 cm³/mol. The summed E-state index contributed by atoms with van der Waals surface area (Å²) in [5.74, 6) is 0.616. The first kappa shape index (κ1) is 14.1. The highest BCUT2D eigenvalue weighted by atomic mass is 35.5. The molecule has 4 nitrogen and oxygen atoms in total. The lowest BCUT2D eigenvalue weighted by atomic mass is 10.2. The second-order valence-electron chi connectivity index (χ2n) is 4.52. The van der Waals surface area contributed by atoms with Crippen LogP contribution in [-0.4, -0.2) is 15.0 Å². The maximum Gasteiger partial charge on any atom is 0.258 e. The maximum absolute atomic E-state index is 12.1. The average Bonchev–Trinajstić information content (AvgIpc) is 2.49. The van der Waals surface area contributed by atoms with Crippen molar-refractivity contribution < 1.29 is 0 Å². The van der Waals surface area contributed by atoms with Gasteiger partial charge in [0, 0.05) is 6.20 Å². The number of aromatic amines is 1. The minimum absolute atomic E-state index is 0.0605. The number of benzene rings is 1. The van der Waals surface area contributed by atoms with Crippen molar-refractivity contribution >= 4 is 34.3 Å². The van der Waals surface area contributed by atoms with Crippen LogP contribution in [0.15, 0.2) is 52.4 Å². The van der Waals surface area contributed by atoms with Crippen LogP contribution in [0.1, 0.15) is 18.0 Å². The molecular weight excluding hydrogens is 306 g/mol. The summed E-state index contributed by atoms with van der Waals surface area (Å²) < 4.78 is 0. The van der Waals surface area contributed by atoms with E-state index in [1.54, 1.807) is 24.4 Å². The lowest BCUT2D eigenvalue weighted by Crippen LogP contribution is -2.12. The van der Waals surface area contributed by atoms with E-state index in [-0.39, 0.29) is 10.8 Å². The van der Waals surface area contributed by atoms with Crippen LogP contribution < -0.4 is 5.56 Å². The van der Waals surface area contributed by atoms with Gasteiger partial charge in [-0.2, -0.15) is 0 Å². The largest absolute Gasteiger partial charge is 0.309 e. The number of fused-ring (bicyclic) bond motifs is 1. The summed E-state index contributed by atoms with van der Waals surface area (Å²) in [6, 6.07) is 10.9. The highest BCUT2D eigenvalue weighted by molar-refractivity contribution is 7.99. The number of para-hydroxylation sites is 1. The van der Waals surface area contributed by atoms with Gasteiger partial charge >= 0.3 is 0 Å². The van der Waals surface area contributed by atoms with Crippen molar-refractivity contribution in [2.45, 2.75) is 17.2 Å². The molecule has 6 heteroatoms. The van der Waals surface area contributed by atoms with Crippen molar-refractivity contribution in [3.05, 3.63) is 63.8 Å². The molecule has 1 aromatic carbocycles. The minimum atomic E-state index is -0.129. The van der Waals surface area contributed by atoms with Gasteiger partial charge in [0.25, 0.3) is 5.56 Å². The molecule has 0 bridgehead atoms. The van der Waals surface area contributed by atoms with Gasteiger partial charge in [0.15, 0.2) is 0 Å². The Morgan fingerprint density at radius 1 is 1.24 bits per heavy atom. The van der Waals surface area contributed by atoms with Crippen molar-refractivity contribution in [1.82, 2.24) is 15.0 Å². The van der Waals surface area contributed by atoms with E-state index in [2.05, 4.69) is 15.0 Å². The number of aromatic nitrogens is 3. The van der Waals surface area contributed by atoms with Crippen molar-refractivity contribution in [3.63, 3.8) is 0 Å². The Morgan fingerprint density at radius 3 is 2.86 bits per heavy atom. The molecule has 1 N–H and O–H groups in total. The topological polar surface area (TPSA) is 58.6 Å². The smallest absolute Gasteiger partial charge is 0.258 e. The van der Waals surface area contributed by atoms with Gasteiger partial charge in [-0.15, -0.1) is 0 Å². The molecule has 2 aromatic heterocycles. The van der Waals surface area contributed by atoms with Gasteiger partial charge in [0.1, 0.15) is 10.9 Å². The van der Waals surface area contributed by atoms with Crippen LogP contribution in [0, 0.1) is 0 Å². The monoisotopic (exact) mass is 317 g/mol. The van der Waals surface area contributed by atoms with E-state index >= 15 is 0 Å². The molecule has 1 atom stereocenters. The molecule has 0 aliphatic rings. The molecule has 0 fully saturated rings. The zero-order valence-corrected chi connectivity index (χ0v) is 12.8. The number of nitrogens with one attached hydrogen (secondary N) is 1. The summed E-state index contributed by atoms with van der Waals surface area (Å²) in [4.78, 5) is 23.7. The summed E-state index contributed by atoms with van der Waals surface area (Å²) in [7, 11) is 0. The molecule has 0 spiro atoms. The molecular formula is C15H12ClN3OS. The fraction of sp³-hybridized carbons (Fsp3) is 0.133. The third-order valence-electron chi connectivity index (χ3n) is 3.03. The normalized spacial score (nSPS) is 12.5. The third kappa shape index (κ3) is 2.94. The highest BCUT2D eigenvalue weighted by Crippen LogP contribution is 2.35. The van der Waals surface area contributed by atoms with Gasteiger partial charge in [-0.1, -0.05) is 35.5 Å². The van der Waals surface area contributed by atoms with E-state index in [0.29, 0.717) is 21.7 Å². The van der Waals surface area contributed by atoms with Gasteiger partial charge < -0.3 is 4.98 Å². The Morgan fingerprint density at radius 2 is 2.05 bits per heavy atom. The van der Waals surface area contributed by atoms with Crippen LogP contribution in [-0.2, 0) is 0 Å². The number of nitrogens with zero attached hydrogens (tertiary/aromatic N) is 2. The molecule has 0 saturated heterocycles. The van der Waals surface area contributed by atoms with Gasteiger partial charge in [-0.25, -0.2) is 9.97 Å². The molecule has 3 aromatic rings. The van der Waals surface area contributed by atoms with E-state index in [1.165, 1.54) is 11.8 Å². The summed E-state index contributed by atoms with van der Waals surface area (Å²) in [5, 5.41) is 1.85. The Hall–Kier alpha value is -1.85. The molecule has 106 valence electrons. The van der Waals surface area contributed by atoms with Gasteiger partial charge in [0.2, 0.25) is 0 Å². The van der Waals surface area contributed by atoms with Crippen molar-refractivity contribution in [3.8, 4) is 0 Å². The number of rotatable bonds is 3. The van der Waals surface area contributed by atoms with E-state index in [1.807, 2.05) is 25.1 Å². The summed E-state index contributed by atoms with van der Waals surface area (Å²) >= 11 is 7.57. The zero-order valence-electron chi connectivity index (χ0n) is 11.2. The average molecular weight is 318 g/mol. The van der Waals surface area contributed by atoms with Crippen molar-refractivity contribution in [2.24, 2.45) is 0 Å². The van der Waals surface area contributed by atoms with E-state index < -0.39 is 0 Å². The van der Waals surface area contributed by atoms with Crippen LogP contribution in [0.3, 0.4) is 0 Å². The number of thioether (sulfide) groups is 1. The molecule has 0 radical (unpaired) electrons. The van der Waals surface area contributed by atoms with Gasteiger partial charge in [-0.3, -0.25) is 4.79 Å². The Balaban J connectivity index is 1.97. The number of halogens is 1. The minimum Gasteiger partial charge on any atom is -0.309 e. The first-order valence-electron chi connectivity index (χ1n) is 6.41. The fourth-order valence-electron chi connectivity index (χ4n) is 1.98. The van der Waals surface area contributed by atoms with E-state index in [9.17, 15) is 4.79 Å². The second-order valence-corrected chi connectivity index (χ2v) is 6.26. The first-order valence-corrected chi connectivity index (χ1v) is 7.67. The van der Waals surface area contributed by atoms with Crippen molar-refractivity contribution in [2.75, 3.05) is 0 Å². The van der Waals surface area contributed by atoms with Crippen LogP contribution in [0.2, 0.25) is 5.02 Å². The lowest BCUT2D eigenvalue weighted by Gasteiger charge is -2.11. The highest BCUT2D eigenvalue weighted by Gasteiger charge is 2.14. The van der Waals surface area contributed by atoms with Crippen LogP contribution in [0.4, 0.5) is 0 Å². The Kier molecular flexibility index (Phi) is 3.94. The number of hydrogen-bond acceptors (Lipinski definition) is 4. The van der Waals surface area contributed by atoms with Crippen LogP contribution in [0.25, 0.3) is 10.9 Å². The van der Waals surface area contributed by atoms with Crippen molar-refractivity contribution in [1.29, 1.82) is 0 Å². The third-order valence-corrected chi connectivity index (χ3v) is 4.57. The van der Waals surface area contributed by atoms with Crippen LogP contribution in [0.5, 0.6) is 0 Å². The fourth-order valence-corrected chi connectivity index (χ4v) is 3.09. The van der Waals surface area contributed by atoms with Gasteiger partial charge in [-0.05, 0) is 31.2 Å². The second kappa shape index (κ2) is 5.87. The molecule has 0 aliphatic heterocycles. The standard InChI is InChI=1S/C15H12ClN3OS/c1-9(21-15-11(16)6-4-8-17-15)13-18-12-7-3-2-5-10(12)14(20)19-13/h2-9H,1H3,(H,18,19,20).